The molecule has 1 N–H and O–H groups in total. The molecule has 0 unspecified atom stereocenters. The third-order valence-electron chi connectivity index (χ3n) is 3.48. The van der Waals surface area contributed by atoms with Gasteiger partial charge in [-0.15, -0.1) is 0 Å². The first-order valence-electron chi connectivity index (χ1n) is 9.59. The van der Waals surface area contributed by atoms with Crippen LogP contribution in [-0.2, 0) is 23.7 Å². The highest BCUT2D eigenvalue weighted by Gasteiger charge is 2.02. The number of aromatic carboxylic acids is 1. The molecule has 30 heavy (non-hydrogen) atoms. The summed E-state index contributed by atoms with van der Waals surface area (Å²) >= 11 is 0. The maximum Gasteiger partial charge on any atom is 0.335 e. The van der Waals surface area contributed by atoms with Crippen molar-refractivity contribution in [2.45, 2.75) is 0 Å². The van der Waals surface area contributed by atoms with E-state index in [0.29, 0.717) is 85.0 Å². The molecule has 1 aromatic rings. The summed E-state index contributed by atoms with van der Waals surface area (Å²) in [5, 5.41) is 12.2. The van der Waals surface area contributed by atoms with Crippen LogP contribution >= 0.6 is 0 Å². The van der Waals surface area contributed by atoms with E-state index in [1.807, 2.05) is 0 Å². The van der Waals surface area contributed by atoms with Crippen molar-refractivity contribution < 1.29 is 38.3 Å². The van der Waals surface area contributed by atoms with Gasteiger partial charge in [0.05, 0.1) is 71.6 Å². The van der Waals surface area contributed by atoms with Gasteiger partial charge in [-0.2, -0.15) is 0 Å². The molecule has 0 aliphatic rings. The molecular weight excluding hydrogens is 398 g/mol. The normalized spacial score (nSPS) is 10.5. The van der Waals surface area contributed by atoms with Crippen molar-refractivity contribution in [2.24, 2.45) is 5.11 Å². The topological polar surface area (TPSA) is 141 Å². The van der Waals surface area contributed by atoms with Crippen LogP contribution in [0.3, 0.4) is 0 Å². The number of carbonyl (C=O) groups is 1. The number of hydrogen-bond donors (Lipinski definition) is 1. The van der Waals surface area contributed by atoms with E-state index in [1.54, 1.807) is 12.1 Å². The molecule has 0 aliphatic carbocycles. The van der Waals surface area contributed by atoms with Crippen molar-refractivity contribution in [3.63, 3.8) is 0 Å². The lowest BCUT2D eigenvalue weighted by molar-refractivity contribution is -0.0122. The second kappa shape index (κ2) is 18.6. The lowest BCUT2D eigenvalue weighted by Gasteiger charge is -2.08. The first-order valence-corrected chi connectivity index (χ1v) is 9.59. The van der Waals surface area contributed by atoms with Crippen LogP contribution in [0.2, 0.25) is 0 Å². The zero-order valence-corrected chi connectivity index (χ0v) is 16.9. The Bertz CT molecular complexity index is 608. The van der Waals surface area contributed by atoms with E-state index in [4.69, 9.17) is 39.1 Å². The van der Waals surface area contributed by atoms with Crippen molar-refractivity contribution in [3.05, 3.63) is 40.3 Å². The second-order valence-electron chi connectivity index (χ2n) is 5.69. The van der Waals surface area contributed by atoms with Crippen LogP contribution in [0.15, 0.2) is 29.4 Å². The van der Waals surface area contributed by atoms with Gasteiger partial charge in [0.25, 0.3) is 0 Å². The van der Waals surface area contributed by atoms with Gasteiger partial charge in [0.1, 0.15) is 12.4 Å². The highest BCUT2D eigenvalue weighted by Crippen LogP contribution is 2.11. The smallest absolute Gasteiger partial charge is 0.335 e. The molecule has 0 saturated carbocycles. The minimum absolute atomic E-state index is 0.220. The Morgan fingerprint density at radius 1 is 0.767 bits per heavy atom. The number of carboxylic acids is 1. The van der Waals surface area contributed by atoms with Crippen LogP contribution in [-0.4, -0.2) is 90.3 Å². The molecule has 0 fully saturated rings. The summed E-state index contributed by atoms with van der Waals surface area (Å²) < 4.78 is 32.1. The summed E-state index contributed by atoms with van der Waals surface area (Å²) in [7, 11) is 0. The quantitative estimate of drug-likeness (QED) is 0.144. The summed E-state index contributed by atoms with van der Waals surface area (Å²) in [5.41, 5.74) is 8.31. The lowest BCUT2D eigenvalue weighted by Crippen LogP contribution is -2.14. The van der Waals surface area contributed by atoms with Crippen LogP contribution in [0.5, 0.6) is 5.75 Å². The van der Waals surface area contributed by atoms with Gasteiger partial charge < -0.3 is 33.5 Å². The van der Waals surface area contributed by atoms with E-state index in [9.17, 15) is 4.79 Å². The molecule has 0 aliphatic heterocycles. The average molecular weight is 427 g/mol. The predicted molar refractivity (Wildman–Crippen MR) is 107 cm³/mol. The fraction of sp³-hybridized carbons (Fsp3) is 0.632. The summed E-state index contributed by atoms with van der Waals surface area (Å²) in [6.45, 7) is 5.21. The number of nitrogens with zero attached hydrogens (tertiary/aromatic N) is 3. The van der Waals surface area contributed by atoms with Crippen LogP contribution in [0.25, 0.3) is 10.4 Å². The number of hydrogen-bond acceptors (Lipinski definition) is 8. The van der Waals surface area contributed by atoms with Crippen molar-refractivity contribution in [3.8, 4) is 5.75 Å². The molecular formula is C19H29N3O8. The van der Waals surface area contributed by atoms with E-state index in [0.717, 1.165) is 0 Å². The molecule has 168 valence electrons. The number of ether oxygens (including phenoxy) is 6. The van der Waals surface area contributed by atoms with Gasteiger partial charge in [-0.3, -0.25) is 0 Å². The third-order valence-corrected chi connectivity index (χ3v) is 3.48. The maximum absolute atomic E-state index is 10.8. The summed E-state index contributed by atoms with van der Waals surface area (Å²) in [6.07, 6.45) is 0. The Hall–Kier alpha value is -2.40. The standard InChI is InChI=1S/C19H29N3O8/c20-22-21-5-6-25-7-8-26-9-10-27-11-12-28-13-14-29-15-16-30-18-3-1-17(2-4-18)19(23)24/h1-4H,5-16H2,(H,23,24). The molecule has 0 radical (unpaired) electrons. The van der Waals surface area contributed by atoms with Gasteiger partial charge in [0, 0.05) is 11.5 Å². The summed E-state index contributed by atoms with van der Waals surface area (Å²) in [5.74, 6) is -0.371. The fourth-order valence-electron chi connectivity index (χ4n) is 2.04. The van der Waals surface area contributed by atoms with Gasteiger partial charge in [-0.1, -0.05) is 5.11 Å². The number of rotatable bonds is 20. The van der Waals surface area contributed by atoms with E-state index in [2.05, 4.69) is 10.0 Å². The Kier molecular flexibility index (Phi) is 15.9. The molecule has 11 heteroatoms. The van der Waals surface area contributed by atoms with E-state index in [-0.39, 0.29) is 5.56 Å². The van der Waals surface area contributed by atoms with Crippen LogP contribution in [0, 0.1) is 0 Å². The molecule has 0 aromatic heterocycles. The molecule has 0 atom stereocenters. The maximum atomic E-state index is 10.8. The van der Waals surface area contributed by atoms with Crippen LogP contribution < -0.4 is 4.74 Å². The number of carboxylic acid groups (broad SMARTS) is 1. The molecule has 11 nitrogen and oxygen atoms in total. The van der Waals surface area contributed by atoms with E-state index < -0.39 is 5.97 Å². The lowest BCUT2D eigenvalue weighted by atomic mass is 10.2. The second-order valence-corrected chi connectivity index (χ2v) is 5.69. The van der Waals surface area contributed by atoms with Crippen molar-refractivity contribution in [2.75, 3.05) is 79.2 Å². The first-order chi connectivity index (χ1) is 14.7. The highest BCUT2D eigenvalue weighted by molar-refractivity contribution is 5.87. The van der Waals surface area contributed by atoms with E-state index >= 15 is 0 Å². The van der Waals surface area contributed by atoms with Crippen LogP contribution in [0.1, 0.15) is 10.4 Å². The largest absolute Gasteiger partial charge is 0.491 e. The Morgan fingerprint density at radius 2 is 1.20 bits per heavy atom. The first kappa shape index (κ1) is 25.6. The van der Waals surface area contributed by atoms with Crippen molar-refractivity contribution >= 4 is 5.97 Å². The van der Waals surface area contributed by atoms with Gasteiger partial charge in [-0.05, 0) is 29.8 Å². The predicted octanol–water partition coefficient (Wildman–Crippen LogP) is 2.16. The zero-order valence-electron chi connectivity index (χ0n) is 16.9. The summed E-state index contributed by atoms with van der Waals surface area (Å²) in [6, 6.07) is 6.21. The highest BCUT2D eigenvalue weighted by atomic mass is 16.6. The molecule has 0 spiro atoms. The molecule has 0 amide bonds. The van der Waals surface area contributed by atoms with E-state index in [1.165, 1.54) is 12.1 Å². The monoisotopic (exact) mass is 427 g/mol. The molecule has 0 saturated heterocycles. The Morgan fingerprint density at radius 3 is 1.63 bits per heavy atom. The molecule has 1 rings (SSSR count). The minimum Gasteiger partial charge on any atom is -0.491 e. The minimum atomic E-state index is -0.967. The van der Waals surface area contributed by atoms with Gasteiger partial charge in [0.15, 0.2) is 0 Å². The van der Waals surface area contributed by atoms with Gasteiger partial charge >= 0.3 is 5.97 Å². The zero-order chi connectivity index (χ0) is 21.7. The SMILES string of the molecule is [N-]=[N+]=NCCOCCOCCOCCOCCOCCOc1ccc(C(=O)O)cc1. The molecule has 0 heterocycles. The van der Waals surface area contributed by atoms with Crippen molar-refractivity contribution in [1.82, 2.24) is 0 Å². The van der Waals surface area contributed by atoms with Crippen LogP contribution in [0.4, 0.5) is 0 Å². The Balaban J connectivity index is 1.77. The summed E-state index contributed by atoms with van der Waals surface area (Å²) in [4.78, 5) is 13.4. The number of benzene rings is 1. The van der Waals surface area contributed by atoms with Gasteiger partial charge in [-0.25, -0.2) is 4.79 Å². The molecule has 1 aromatic carbocycles. The number of azide groups is 1. The third kappa shape index (κ3) is 14.6. The fourth-order valence-corrected chi connectivity index (χ4v) is 2.04. The van der Waals surface area contributed by atoms with Crippen molar-refractivity contribution in [1.29, 1.82) is 0 Å². The molecule has 0 bridgehead atoms. The van der Waals surface area contributed by atoms with Gasteiger partial charge in [0.2, 0.25) is 0 Å². The average Bonchev–Trinajstić information content (AvgIpc) is 2.75. The Labute approximate surface area is 175 Å².